The summed E-state index contributed by atoms with van der Waals surface area (Å²) in [6, 6.07) is 4.71. The van der Waals surface area contributed by atoms with Crippen molar-refractivity contribution in [3.8, 4) is 0 Å². The highest BCUT2D eigenvalue weighted by atomic mass is 35.5. The van der Waals surface area contributed by atoms with E-state index in [-0.39, 0.29) is 11.7 Å². The van der Waals surface area contributed by atoms with Crippen molar-refractivity contribution in [3.05, 3.63) is 23.2 Å². The molecule has 0 radical (unpaired) electrons. The fourth-order valence-electron chi connectivity index (χ4n) is 3.63. The van der Waals surface area contributed by atoms with E-state index in [1.807, 2.05) is 0 Å². The van der Waals surface area contributed by atoms with Crippen LogP contribution in [-0.4, -0.2) is 44.1 Å². The lowest BCUT2D eigenvalue weighted by molar-refractivity contribution is -0.139. The Morgan fingerprint density at radius 3 is 2.89 bits per heavy atom. The average Bonchev–Trinajstić information content (AvgIpc) is 3.16. The van der Waals surface area contributed by atoms with Gasteiger partial charge in [0.05, 0.1) is 16.8 Å². The van der Waals surface area contributed by atoms with Gasteiger partial charge in [0.1, 0.15) is 5.54 Å². The third-order valence-corrected chi connectivity index (χ3v) is 6.40. The monoisotopic (exact) mass is 421 g/mol. The van der Waals surface area contributed by atoms with Crippen LogP contribution in [-0.2, 0) is 9.59 Å². The van der Waals surface area contributed by atoms with Crippen LogP contribution in [0.1, 0.15) is 32.6 Å². The second-order valence-electron chi connectivity index (χ2n) is 7.36. The van der Waals surface area contributed by atoms with Crippen LogP contribution in [0.2, 0.25) is 5.02 Å². The molecule has 1 saturated carbocycles. The Morgan fingerprint density at radius 1 is 1.39 bits per heavy atom. The Kier molecular flexibility index (Phi) is 4.96. The topological polar surface area (TPSA) is 107 Å². The largest absolute Gasteiger partial charge is 0.344 e. The standard InChI is InChI=1S/C18H20ClN5O3S/c1-10-4-6-18(7-5-10)15(26)24(17(27)22-18)23-14(25)9-28-16-20-12-3-2-11(19)8-13(12)21-16/h2-3,8,10H,4-7,9H2,1H3,(H,20,21)(H,22,27)(H,23,25). The number of urea groups is 1. The van der Waals surface area contributed by atoms with Crippen molar-refractivity contribution in [2.45, 2.75) is 43.3 Å². The molecule has 1 aromatic carbocycles. The predicted molar refractivity (Wildman–Crippen MR) is 106 cm³/mol. The minimum atomic E-state index is -0.873. The van der Waals surface area contributed by atoms with Crippen LogP contribution < -0.4 is 10.7 Å². The minimum Gasteiger partial charge on any atom is -0.333 e. The molecule has 8 nitrogen and oxygen atoms in total. The molecule has 1 spiro atoms. The number of carbonyl (C=O) groups is 3. The van der Waals surface area contributed by atoms with E-state index >= 15 is 0 Å². The number of halogens is 1. The summed E-state index contributed by atoms with van der Waals surface area (Å²) in [4.78, 5) is 44.7. The van der Waals surface area contributed by atoms with Gasteiger partial charge in [-0.25, -0.2) is 9.78 Å². The van der Waals surface area contributed by atoms with Crippen molar-refractivity contribution >= 4 is 52.2 Å². The molecule has 1 aromatic heterocycles. The summed E-state index contributed by atoms with van der Waals surface area (Å²) in [6.45, 7) is 2.14. The number of hydrogen-bond donors (Lipinski definition) is 3. The number of thioether (sulfide) groups is 1. The average molecular weight is 422 g/mol. The molecule has 1 saturated heterocycles. The molecule has 4 amide bonds. The molecular formula is C18H20ClN5O3S. The van der Waals surface area contributed by atoms with Crippen molar-refractivity contribution in [2.75, 3.05) is 5.75 Å². The highest BCUT2D eigenvalue weighted by molar-refractivity contribution is 7.99. The van der Waals surface area contributed by atoms with Gasteiger partial charge in [-0.15, -0.1) is 0 Å². The van der Waals surface area contributed by atoms with Crippen LogP contribution in [0.15, 0.2) is 23.4 Å². The number of amides is 4. The molecule has 2 fully saturated rings. The number of nitrogens with one attached hydrogen (secondary N) is 3. The summed E-state index contributed by atoms with van der Waals surface area (Å²) < 4.78 is 0. The number of aromatic nitrogens is 2. The fourth-order valence-corrected chi connectivity index (χ4v) is 4.48. The van der Waals surface area contributed by atoms with Crippen LogP contribution in [0, 0.1) is 5.92 Å². The van der Waals surface area contributed by atoms with Crippen LogP contribution in [0.25, 0.3) is 11.0 Å². The first kappa shape index (κ1) is 19.1. The first-order valence-corrected chi connectivity index (χ1v) is 10.5. The summed E-state index contributed by atoms with van der Waals surface area (Å²) in [5, 5.41) is 4.74. The SMILES string of the molecule is CC1CCC2(CC1)NC(=O)N(NC(=O)CSc1nc3ccc(Cl)cc3[nH]1)C2=O. The van der Waals surface area contributed by atoms with Gasteiger partial charge < -0.3 is 10.3 Å². The smallest absolute Gasteiger partial charge is 0.333 e. The Morgan fingerprint density at radius 2 is 2.14 bits per heavy atom. The molecule has 1 aliphatic carbocycles. The number of imidazole rings is 1. The minimum absolute atomic E-state index is 0.00858. The second-order valence-corrected chi connectivity index (χ2v) is 8.76. The number of aromatic amines is 1. The van der Waals surface area contributed by atoms with Gasteiger partial charge in [-0.2, -0.15) is 5.01 Å². The number of rotatable bonds is 4. The summed E-state index contributed by atoms with van der Waals surface area (Å²) in [5.41, 5.74) is 3.07. The van der Waals surface area contributed by atoms with Crippen LogP contribution in [0.4, 0.5) is 4.79 Å². The summed E-state index contributed by atoms with van der Waals surface area (Å²) in [5.74, 6) is -0.280. The number of H-pyrrole nitrogens is 1. The normalized spacial score (nSPS) is 24.8. The third kappa shape index (κ3) is 3.56. The Balaban J connectivity index is 1.36. The zero-order valence-corrected chi connectivity index (χ0v) is 16.8. The summed E-state index contributed by atoms with van der Waals surface area (Å²) in [6.07, 6.45) is 2.95. The molecule has 10 heteroatoms. The van der Waals surface area contributed by atoms with Gasteiger partial charge >= 0.3 is 6.03 Å². The van der Waals surface area contributed by atoms with E-state index in [4.69, 9.17) is 11.6 Å². The maximum Gasteiger partial charge on any atom is 0.344 e. The van der Waals surface area contributed by atoms with Gasteiger partial charge in [0.25, 0.3) is 5.91 Å². The Labute approximate surface area is 170 Å². The highest BCUT2D eigenvalue weighted by Gasteiger charge is 2.52. The van der Waals surface area contributed by atoms with Gasteiger partial charge in [-0.05, 0) is 49.8 Å². The van der Waals surface area contributed by atoms with Crippen molar-refractivity contribution in [2.24, 2.45) is 5.92 Å². The lowest BCUT2D eigenvalue weighted by Gasteiger charge is -2.33. The third-order valence-electron chi connectivity index (χ3n) is 5.29. The number of carbonyl (C=O) groups excluding carboxylic acids is 3. The van der Waals surface area contributed by atoms with Crippen molar-refractivity contribution in [3.63, 3.8) is 0 Å². The van der Waals surface area contributed by atoms with Crippen LogP contribution in [0.3, 0.4) is 0 Å². The Bertz CT molecular complexity index is 954. The van der Waals surface area contributed by atoms with Gasteiger partial charge in [-0.3, -0.25) is 15.0 Å². The number of hydrogen-bond acceptors (Lipinski definition) is 5. The number of imide groups is 1. The molecule has 2 aliphatic rings. The van der Waals surface area contributed by atoms with Crippen molar-refractivity contribution in [1.29, 1.82) is 0 Å². The molecular weight excluding hydrogens is 402 g/mol. The zero-order chi connectivity index (χ0) is 19.9. The maximum atomic E-state index is 12.7. The number of fused-ring (bicyclic) bond motifs is 1. The van der Waals surface area contributed by atoms with E-state index in [1.165, 1.54) is 11.8 Å². The second kappa shape index (κ2) is 7.29. The molecule has 0 bridgehead atoms. The van der Waals surface area contributed by atoms with E-state index in [9.17, 15) is 14.4 Å². The van der Waals surface area contributed by atoms with Crippen LogP contribution in [0.5, 0.6) is 0 Å². The highest BCUT2D eigenvalue weighted by Crippen LogP contribution is 2.35. The van der Waals surface area contributed by atoms with E-state index in [0.717, 1.165) is 28.9 Å². The number of benzene rings is 1. The fraction of sp³-hybridized carbons (Fsp3) is 0.444. The molecule has 4 rings (SSSR count). The Hall–Kier alpha value is -2.26. The summed E-state index contributed by atoms with van der Waals surface area (Å²) in [7, 11) is 0. The first-order chi connectivity index (χ1) is 13.4. The van der Waals surface area contributed by atoms with Crippen molar-refractivity contribution < 1.29 is 14.4 Å². The predicted octanol–water partition coefficient (Wildman–Crippen LogP) is 2.84. The molecule has 1 aliphatic heterocycles. The van der Waals surface area contributed by atoms with Gasteiger partial charge in [0.2, 0.25) is 5.91 Å². The van der Waals surface area contributed by atoms with E-state index in [2.05, 4.69) is 27.6 Å². The quantitative estimate of drug-likeness (QED) is 0.519. The lowest BCUT2D eigenvalue weighted by atomic mass is 9.77. The molecule has 3 N–H and O–H groups in total. The molecule has 2 aromatic rings. The van der Waals surface area contributed by atoms with Crippen LogP contribution >= 0.6 is 23.4 Å². The molecule has 0 atom stereocenters. The molecule has 2 heterocycles. The zero-order valence-electron chi connectivity index (χ0n) is 15.3. The number of hydrazine groups is 1. The van der Waals surface area contributed by atoms with Gasteiger partial charge in [-0.1, -0.05) is 30.3 Å². The first-order valence-electron chi connectivity index (χ1n) is 9.10. The summed E-state index contributed by atoms with van der Waals surface area (Å²) >= 11 is 7.14. The van der Waals surface area contributed by atoms with Crippen molar-refractivity contribution in [1.82, 2.24) is 25.7 Å². The van der Waals surface area contributed by atoms with Gasteiger partial charge in [0.15, 0.2) is 5.16 Å². The van der Waals surface area contributed by atoms with Gasteiger partial charge in [0, 0.05) is 5.02 Å². The lowest BCUT2D eigenvalue weighted by Crippen LogP contribution is -2.51. The van der Waals surface area contributed by atoms with E-state index in [0.29, 0.717) is 28.9 Å². The molecule has 148 valence electrons. The maximum absolute atomic E-state index is 12.7. The molecule has 28 heavy (non-hydrogen) atoms. The van der Waals surface area contributed by atoms with E-state index in [1.54, 1.807) is 18.2 Å². The number of nitrogens with zero attached hydrogens (tertiary/aromatic N) is 2. The molecule has 0 unspecified atom stereocenters. The van der Waals surface area contributed by atoms with E-state index < -0.39 is 17.5 Å².